The van der Waals surface area contributed by atoms with E-state index in [9.17, 15) is 9.59 Å². The number of halogens is 1. The number of hydrogen-bond donors (Lipinski definition) is 0. The second-order valence-electron chi connectivity index (χ2n) is 7.60. The molecule has 0 bridgehead atoms. The summed E-state index contributed by atoms with van der Waals surface area (Å²) < 4.78 is 11.3. The predicted molar refractivity (Wildman–Crippen MR) is 109 cm³/mol. The van der Waals surface area contributed by atoms with Crippen LogP contribution in [0.1, 0.15) is 46.6 Å². The van der Waals surface area contributed by atoms with Crippen LogP contribution in [-0.4, -0.2) is 60.0 Å². The number of morpholine rings is 1. The quantitative estimate of drug-likeness (QED) is 0.742. The van der Waals surface area contributed by atoms with E-state index >= 15 is 0 Å². The van der Waals surface area contributed by atoms with Gasteiger partial charge >= 0.3 is 0 Å². The summed E-state index contributed by atoms with van der Waals surface area (Å²) >= 11 is 6.20. The van der Waals surface area contributed by atoms with Gasteiger partial charge in [-0.25, -0.2) is 0 Å². The van der Waals surface area contributed by atoms with Gasteiger partial charge in [-0.2, -0.15) is 0 Å². The van der Waals surface area contributed by atoms with Crippen LogP contribution in [0, 0.1) is 0 Å². The zero-order valence-corrected chi connectivity index (χ0v) is 17.0. The van der Waals surface area contributed by atoms with E-state index in [-0.39, 0.29) is 24.0 Å². The van der Waals surface area contributed by atoms with E-state index in [1.807, 2.05) is 4.90 Å². The molecule has 7 heteroatoms. The van der Waals surface area contributed by atoms with Crippen molar-refractivity contribution in [2.75, 3.05) is 26.2 Å². The third-order valence-electron chi connectivity index (χ3n) is 5.69. The zero-order chi connectivity index (χ0) is 20.2. The van der Waals surface area contributed by atoms with Gasteiger partial charge in [0, 0.05) is 25.7 Å². The molecule has 29 heavy (non-hydrogen) atoms. The lowest BCUT2D eigenvalue weighted by Gasteiger charge is -2.37. The maximum absolute atomic E-state index is 13.0. The molecule has 154 valence electrons. The molecule has 0 N–H and O–H groups in total. The molecule has 4 rings (SSSR count). The topological polar surface area (TPSA) is 63.0 Å². The average molecular weight is 417 g/mol. The molecule has 2 amide bonds. The Labute approximate surface area is 175 Å². The third kappa shape index (κ3) is 4.49. The molecule has 1 unspecified atom stereocenters. The Morgan fingerprint density at radius 2 is 1.93 bits per heavy atom. The van der Waals surface area contributed by atoms with Crippen LogP contribution in [0.25, 0.3) is 0 Å². The van der Waals surface area contributed by atoms with Gasteiger partial charge in [0.1, 0.15) is 0 Å². The molecule has 2 aromatic rings. The molecule has 6 nitrogen and oxygen atoms in total. The lowest BCUT2D eigenvalue weighted by Crippen LogP contribution is -2.52. The highest BCUT2D eigenvalue weighted by molar-refractivity contribution is 6.33. The number of carbonyl (C=O) groups excluding carboxylic acids is 2. The van der Waals surface area contributed by atoms with Crippen molar-refractivity contribution < 1.29 is 18.7 Å². The Bertz CT molecular complexity index is 848. The van der Waals surface area contributed by atoms with Gasteiger partial charge in [-0.3, -0.25) is 9.59 Å². The van der Waals surface area contributed by atoms with Crippen molar-refractivity contribution in [2.45, 2.75) is 37.8 Å². The molecule has 1 aromatic heterocycles. The molecule has 2 fully saturated rings. The van der Waals surface area contributed by atoms with Crippen LogP contribution in [0.5, 0.6) is 0 Å². The molecular formula is C22H25ClN2O4. The normalized spacial score (nSPS) is 20.0. The molecule has 1 aromatic carbocycles. The molecule has 1 saturated carbocycles. The fraction of sp³-hybridized carbons (Fsp3) is 0.455. The van der Waals surface area contributed by atoms with E-state index in [2.05, 4.69) is 0 Å². The molecule has 1 atom stereocenters. The van der Waals surface area contributed by atoms with Crippen LogP contribution in [0.3, 0.4) is 0 Å². The summed E-state index contributed by atoms with van der Waals surface area (Å²) in [6.45, 7) is 1.82. The van der Waals surface area contributed by atoms with Crippen molar-refractivity contribution in [1.82, 2.24) is 9.80 Å². The van der Waals surface area contributed by atoms with Crippen LogP contribution in [0.2, 0.25) is 5.02 Å². The molecular weight excluding hydrogens is 392 g/mol. The van der Waals surface area contributed by atoms with Gasteiger partial charge in [-0.1, -0.05) is 36.6 Å². The number of ether oxygens (including phenoxy) is 1. The van der Waals surface area contributed by atoms with Gasteiger partial charge in [0.2, 0.25) is 0 Å². The third-order valence-corrected chi connectivity index (χ3v) is 6.02. The van der Waals surface area contributed by atoms with E-state index in [1.54, 1.807) is 41.3 Å². The molecule has 2 heterocycles. The minimum Gasteiger partial charge on any atom is -0.459 e. The average Bonchev–Trinajstić information content (AvgIpc) is 3.46. The van der Waals surface area contributed by atoms with Crippen molar-refractivity contribution in [2.24, 2.45) is 0 Å². The van der Waals surface area contributed by atoms with Gasteiger partial charge in [0.25, 0.3) is 11.8 Å². The summed E-state index contributed by atoms with van der Waals surface area (Å²) in [5, 5.41) is 0.445. The fourth-order valence-electron chi connectivity index (χ4n) is 4.19. The highest BCUT2D eigenvalue weighted by Gasteiger charge is 2.33. The van der Waals surface area contributed by atoms with Crippen LogP contribution >= 0.6 is 11.6 Å². The lowest BCUT2D eigenvalue weighted by molar-refractivity contribution is -0.0374. The van der Waals surface area contributed by atoms with Crippen molar-refractivity contribution in [3.05, 3.63) is 59.0 Å². The van der Waals surface area contributed by atoms with Gasteiger partial charge in [0.15, 0.2) is 5.76 Å². The highest BCUT2D eigenvalue weighted by Crippen LogP contribution is 2.26. The van der Waals surface area contributed by atoms with E-state index in [4.69, 9.17) is 20.8 Å². The monoisotopic (exact) mass is 416 g/mol. The number of furan rings is 1. The second kappa shape index (κ2) is 9.01. The first-order chi connectivity index (χ1) is 14.1. The Hall–Kier alpha value is -2.31. The van der Waals surface area contributed by atoms with Crippen molar-refractivity contribution in [3.63, 3.8) is 0 Å². The Morgan fingerprint density at radius 3 is 2.66 bits per heavy atom. The van der Waals surface area contributed by atoms with E-state index in [0.29, 0.717) is 42.6 Å². The predicted octanol–water partition coefficient (Wildman–Crippen LogP) is 3.86. The Morgan fingerprint density at radius 1 is 1.14 bits per heavy atom. The molecule has 0 spiro atoms. The van der Waals surface area contributed by atoms with Crippen LogP contribution < -0.4 is 0 Å². The first-order valence-corrected chi connectivity index (χ1v) is 10.5. The first kappa shape index (κ1) is 20.0. The molecule has 1 aliphatic heterocycles. The SMILES string of the molecule is O=C(c1ccccc1Cl)N1CCOC(CN(C(=O)c2ccco2)C2CCCC2)C1. The fourth-order valence-corrected chi connectivity index (χ4v) is 4.41. The maximum atomic E-state index is 13.0. The van der Waals surface area contributed by atoms with Crippen molar-refractivity contribution in [3.8, 4) is 0 Å². The Kier molecular flexibility index (Phi) is 6.21. The summed E-state index contributed by atoms with van der Waals surface area (Å²) in [7, 11) is 0. The van der Waals surface area contributed by atoms with E-state index in [0.717, 1.165) is 25.7 Å². The van der Waals surface area contributed by atoms with Crippen LogP contribution in [0.15, 0.2) is 47.1 Å². The lowest BCUT2D eigenvalue weighted by atomic mass is 10.1. The van der Waals surface area contributed by atoms with Gasteiger partial charge < -0.3 is 19.0 Å². The number of benzene rings is 1. The summed E-state index contributed by atoms with van der Waals surface area (Å²) in [4.78, 5) is 29.6. The number of carbonyl (C=O) groups is 2. The van der Waals surface area contributed by atoms with E-state index in [1.165, 1.54) is 6.26 Å². The standard InChI is InChI=1S/C22H25ClN2O4/c23-19-9-4-3-8-18(19)21(26)24-11-13-28-17(14-24)15-25(16-6-1-2-7-16)22(27)20-10-5-12-29-20/h3-5,8-10,12,16-17H,1-2,6-7,11,13-15H2. The zero-order valence-electron chi connectivity index (χ0n) is 16.3. The maximum Gasteiger partial charge on any atom is 0.289 e. The van der Waals surface area contributed by atoms with Gasteiger partial charge in [-0.05, 0) is 37.1 Å². The summed E-state index contributed by atoms with van der Waals surface area (Å²) in [6, 6.07) is 10.7. The molecule has 2 aliphatic rings. The van der Waals surface area contributed by atoms with E-state index < -0.39 is 0 Å². The van der Waals surface area contributed by atoms with Gasteiger partial charge in [0.05, 0.1) is 29.6 Å². The van der Waals surface area contributed by atoms with Crippen molar-refractivity contribution in [1.29, 1.82) is 0 Å². The molecule has 0 radical (unpaired) electrons. The Balaban J connectivity index is 1.47. The highest BCUT2D eigenvalue weighted by atomic mass is 35.5. The smallest absolute Gasteiger partial charge is 0.289 e. The van der Waals surface area contributed by atoms with Crippen LogP contribution in [0.4, 0.5) is 0 Å². The van der Waals surface area contributed by atoms with Crippen molar-refractivity contribution >= 4 is 23.4 Å². The number of nitrogens with zero attached hydrogens (tertiary/aromatic N) is 2. The minimum absolute atomic E-state index is 0.103. The van der Waals surface area contributed by atoms with Crippen LogP contribution in [-0.2, 0) is 4.74 Å². The summed E-state index contributed by atoms with van der Waals surface area (Å²) in [5.74, 6) is 0.130. The number of hydrogen-bond acceptors (Lipinski definition) is 4. The molecule has 1 saturated heterocycles. The minimum atomic E-state index is -0.241. The second-order valence-corrected chi connectivity index (χ2v) is 8.00. The van der Waals surface area contributed by atoms with Gasteiger partial charge in [-0.15, -0.1) is 0 Å². The number of rotatable bonds is 5. The largest absolute Gasteiger partial charge is 0.459 e. The molecule has 1 aliphatic carbocycles. The first-order valence-electron chi connectivity index (χ1n) is 10.1. The summed E-state index contributed by atoms with van der Waals surface area (Å²) in [6.07, 6.45) is 5.49. The summed E-state index contributed by atoms with van der Waals surface area (Å²) in [5.41, 5.74) is 0.495. The number of amides is 2.